The maximum Gasteiger partial charge on any atom is 0.246 e. The Hall–Kier alpha value is -1.01. The summed E-state index contributed by atoms with van der Waals surface area (Å²) in [5, 5.41) is -0.573. The van der Waals surface area contributed by atoms with E-state index in [1.165, 1.54) is 6.07 Å². The van der Waals surface area contributed by atoms with Crippen molar-refractivity contribution in [3.8, 4) is 5.75 Å². The molecule has 1 aromatic carbocycles. The molecule has 0 spiro atoms. The average molecular weight is 268 g/mol. The van der Waals surface area contributed by atoms with Crippen LogP contribution in [0.15, 0.2) is 18.2 Å². The van der Waals surface area contributed by atoms with Crippen LogP contribution in [-0.2, 0) is 10.0 Å². The molecule has 0 aliphatic rings. The summed E-state index contributed by atoms with van der Waals surface area (Å²) in [6, 6.07) is 3.52. The highest BCUT2D eigenvalue weighted by Crippen LogP contribution is 2.26. The monoisotopic (exact) mass is 267 g/mol. The van der Waals surface area contributed by atoms with Gasteiger partial charge in [0.05, 0.1) is 12.3 Å². The van der Waals surface area contributed by atoms with Crippen molar-refractivity contribution in [2.75, 3.05) is 16.5 Å². The van der Waals surface area contributed by atoms with Gasteiger partial charge in [0.15, 0.2) is 0 Å². The zero-order valence-electron chi connectivity index (χ0n) is 8.54. The highest BCUT2D eigenvalue weighted by atomic mass is 35.5. The summed E-state index contributed by atoms with van der Waals surface area (Å²) in [5.41, 5.74) is 0.170. The third kappa shape index (κ3) is 3.53. The molecule has 4 nitrogen and oxygen atoms in total. The van der Waals surface area contributed by atoms with Crippen molar-refractivity contribution in [2.24, 2.45) is 0 Å². The first-order valence-corrected chi connectivity index (χ1v) is 6.66. The van der Waals surface area contributed by atoms with Gasteiger partial charge < -0.3 is 4.74 Å². The summed E-state index contributed by atoms with van der Waals surface area (Å²) in [7, 11) is -3.61. The topological polar surface area (TPSA) is 55.4 Å². The van der Waals surface area contributed by atoms with Crippen LogP contribution in [0.25, 0.3) is 0 Å². The quantitative estimate of drug-likeness (QED) is 0.832. The van der Waals surface area contributed by atoms with E-state index in [9.17, 15) is 12.8 Å². The van der Waals surface area contributed by atoms with Crippen LogP contribution in [0.3, 0.4) is 0 Å². The second kappa shape index (κ2) is 5.36. The van der Waals surface area contributed by atoms with Gasteiger partial charge in [0.25, 0.3) is 0 Å². The van der Waals surface area contributed by atoms with Crippen molar-refractivity contribution < 1.29 is 17.5 Å². The lowest BCUT2D eigenvalue weighted by atomic mass is 10.3. The lowest BCUT2D eigenvalue weighted by Gasteiger charge is -2.11. The van der Waals surface area contributed by atoms with E-state index in [4.69, 9.17) is 16.3 Å². The first kappa shape index (κ1) is 13.1. The summed E-state index contributed by atoms with van der Waals surface area (Å²) < 4.78 is 42.6. The number of halogens is 2. The van der Waals surface area contributed by atoms with Gasteiger partial charge in [-0.3, -0.25) is 4.72 Å². The molecule has 7 heteroatoms. The Labute approximate surface area is 98.4 Å². The van der Waals surface area contributed by atoms with Gasteiger partial charge in [0.1, 0.15) is 16.8 Å². The first-order chi connectivity index (χ1) is 7.48. The van der Waals surface area contributed by atoms with E-state index in [1.54, 1.807) is 6.92 Å². The van der Waals surface area contributed by atoms with Crippen molar-refractivity contribution >= 4 is 27.3 Å². The summed E-state index contributed by atoms with van der Waals surface area (Å²) in [5.74, 6) is -0.367. The van der Waals surface area contributed by atoms with Crippen LogP contribution >= 0.6 is 11.6 Å². The molecule has 1 aromatic rings. The van der Waals surface area contributed by atoms with Crippen LogP contribution in [0.4, 0.5) is 10.1 Å². The highest BCUT2D eigenvalue weighted by molar-refractivity contribution is 7.93. The lowest BCUT2D eigenvalue weighted by Crippen LogP contribution is -2.14. The van der Waals surface area contributed by atoms with E-state index >= 15 is 0 Å². The zero-order chi connectivity index (χ0) is 12.2. The van der Waals surface area contributed by atoms with Gasteiger partial charge >= 0.3 is 0 Å². The molecule has 0 atom stereocenters. The molecule has 0 radical (unpaired) electrons. The molecule has 1 N–H and O–H groups in total. The van der Waals surface area contributed by atoms with Gasteiger partial charge in [0.2, 0.25) is 10.0 Å². The number of nitrogens with one attached hydrogen (secondary N) is 1. The number of benzene rings is 1. The molecule has 0 saturated carbocycles. The number of alkyl halides is 1. The predicted molar refractivity (Wildman–Crippen MR) is 60.8 cm³/mol. The molecule has 1 rings (SSSR count). The Morgan fingerprint density at radius 2 is 2.19 bits per heavy atom. The smallest absolute Gasteiger partial charge is 0.246 e. The Bertz CT molecular complexity index is 464. The summed E-state index contributed by atoms with van der Waals surface area (Å²) >= 11 is 5.24. The van der Waals surface area contributed by atoms with E-state index in [-0.39, 0.29) is 11.4 Å². The second-order valence-corrected chi connectivity index (χ2v) is 5.21. The van der Waals surface area contributed by atoms with Crippen LogP contribution in [-0.4, -0.2) is 20.2 Å². The molecular weight excluding hydrogens is 257 g/mol. The molecule has 0 unspecified atom stereocenters. The fourth-order valence-electron chi connectivity index (χ4n) is 1.05. The van der Waals surface area contributed by atoms with Gasteiger partial charge in [-0.2, -0.15) is 0 Å². The average Bonchev–Trinajstić information content (AvgIpc) is 2.22. The first-order valence-electron chi connectivity index (χ1n) is 4.47. The number of rotatable bonds is 5. The Morgan fingerprint density at radius 1 is 1.50 bits per heavy atom. The normalized spacial score (nSPS) is 11.2. The molecule has 0 aliphatic heterocycles. The van der Waals surface area contributed by atoms with Crippen molar-refractivity contribution in [3.05, 3.63) is 24.0 Å². The molecule has 16 heavy (non-hydrogen) atoms. The van der Waals surface area contributed by atoms with Gasteiger partial charge in [-0.1, -0.05) is 0 Å². The molecular formula is C9H11ClFNO3S. The zero-order valence-corrected chi connectivity index (χ0v) is 10.1. The molecule has 0 bridgehead atoms. The fourth-order valence-corrected chi connectivity index (χ4v) is 1.77. The summed E-state index contributed by atoms with van der Waals surface area (Å²) in [6.07, 6.45) is 0. The van der Waals surface area contributed by atoms with Gasteiger partial charge in [-0.05, 0) is 19.1 Å². The van der Waals surface area contributed by atoms with E-state index < -0.39 is 21.1 Å². The number of hydrogen-bond acceptors (Lipinski definition) is 3. The molecule has 90 valence electrons. The molecule has 0 heterocycles. The van der Waals surface area contributed by atoms with Crippen molar-refractivity contribution in [2.45, 2.75) is 6.92 Å². The predicted octanol–water partition coefficient (Wildman–Crippen LogP) is 2.16. The largest absolute Gasteiger partial charge is 0.492 e. The minimum absolute atomic E-state index is 0.135. The Balaban J connectivity index is 3.03. The van der Waals surface area contributed by atoms with Crippen molar-refractivity contribution in [1.29, 1.82) is 0 Å². The van der Waals surface area contributed by atoms with Crippen molar-refractivity contribution in [1.82, 2.24) is 0 Å². The van der Waals surface area contributed by atoms with Gasteiger partial charge in [-0.25, -0.2) is 12.8 Å². The number of ether oxygens (including phenoxy) is 1. The van der Waals surface area contributed by atoms with E-state index in [0.717, 1.165) is 12.1 Å². The third-order valence-electron chi connectivity index (χ3n) is 1.65. The van der Waals surface area contributed by atoms with Crippen LogP contribution in [0.2, 0.25) is 0 Å². The van der Waals surface area contributed by atoms with Crippen LogP contribution in [0.1, 0.15) is 6.92 Å². The Kier molecular flexibility index (Phi) is 4.37. The fraction of sp³-hybridized carbons (Fsp3) is 0.333. The highest BCUT2D eigenvalue weighted by Gasteiger charge is 2.12. The van der Waals surface area contributed by atoms with Gasteiger partial charge in [-0.15, -0.1) is 11.6 Å². The number of hydrogen-bond donors (Lipinski definition) is 1. The standard InChI is InChI=1S/C9H11ClFNO3S/c1-2-15-9-5-7(11)3-4-8(9)12-16(13,14)6-10/h3-5,12H,2,6H2,1H3. The molecule has 0 fully saturated rings. The molecule has 0 aliphatic carbocycles. The maximum absolute atomic E-state index is 12.9. The minimum Gasteiger partial charge on any atom is -0.492 e. The minimum atomic E-state index is -3.61. The van der Waals surface area contributed by atoms with Crippen LogP contribution < -0.4 is 9.46 Å². The van der Waals surface area contributed by atoms with E-state index in [0.29, 0.717) is 6.61 Å². The summed E-state index contributed by atoms with van der Waals surface area (Å²) in [4.78, 5) is 0. The molecule has 0 aromatic heterocycles. The lowest BCUT2D eigenvalue weighted by molar-refractivity contribution is 0.340. The second-order valence-electron chi connectivity index (χ2n) is 2.90. The van der Waals surface area contributed by atoms with Crippen molar-refractivity contribution in [3.63, 3.8) is 0 Å². The van der Waals surface area contributed by atoms with E-state index in [2.05, 4.69) is 4.72 Å². The number of anilines is 1. The molecule has 0 saturated heterocycles. The van der Waals surface area contributed by atoms with Gasteiger partial charge in [0, 0.05) is 6.07 Å². The third-order valence-corrected chi connectivity index (χ3v) is 3.33. The Morgan fingerprint density at radius 3 is 2.75 bits per heavy atom. The summed E-state index contributed by atoms with van der Waals surface area (Å²) in [6.45, 7) is 2.02. The number of sulfonamides is 1. The van der Waals surface area contributed by atoms with E-state index in [1.807, 2.05) is 0 Å². The van der Waals surface area contributed by atoms with Crippen LogP contribution in [0.5, 0.6) is 5.75 Å². The maximum atomic E-state index is 12.9. The molecule has 0 amide bonds. The van der Waals surface area contributed by atoms with Crippen LogP contribution in [0, 0.1) is 5.82 Å². The SMILES string of the molecule is CCOc1cc(F)ccc1NS(=O)(=O)CCl.